The first-order valence-electron chi connectivity index (χ1n) is 7.76. The fourth-order valence-corrected chi connectivity index (χ4v) is 3.36. The number of carboxylic acid groups (broad SMARTS) is 1. The number of thiazole rings is 1. The van der Waals surface area contributed by atoms with Crippen LogP contribution in [0, 0.1) is 12.8 Å². The minimum absolute atomic E-state index is 0.136. The lowest BCUT2D eigenvalue weighted by atomic mass is 10.1. The second-order valence-electron chi connectivity index (χ2n) is 5.93. The van der Waals surface area contributed by atoms with Crippen molar-refractivity contribution in [3.05, 3.63) is 29.0 Å². The van der Waals surface area contributed by atoms with Gasteiger partial charge in [0, 0.05) is 25.0 Å². The molecule has 126 valence electrons. The summed E-state index contributed by atoms with van der Waals surface area (Å²) in [5.41, 5.74) is 0.626. The van der Waals surface area contributed by atoms with E-state index in [1.807, 2.05) is 0 Å². The number of carbonyl (C=O) groups is 2. The predicted molar refractivity (Wildman–Crippen MR) is 88.7 cm³/mol. The minimum atomic E-state index is -0.896. The molecule has 2 heterocycles. The van der Waals surface area contributed by atoms with Crippen molar-refractivity contribution in [2.24, 2.45) is 5.92 Å². The second-order valence-corrected chi connectivity index (χ2v) is 6.93. The van der Waals surface area contributed by atoms with E-state index in [1.54, 1.807) is 37.2 Å². The van der Waals surface area contributed by atoms with E-state index in [-0.39, 0.29) is 18.5 Å². The lowest BCUT2D eigenvalue weighted by Gasteiger charge is -2.23. The summed E-state index contributed by atoms with van der Waals surface area (Å²) >= 11 is 1.25. The standard InChI is InChI=1S/C16H18N4O3S/c1-9(16(22)23)8-20(11-4-5-11)15(21)12-10(2)19-14(24-12)13-17-6-3-7-18-13/h3,6-7,9,11H,4-5,8H2,1-2H3,(H,22,23). The molecule has 0 aromatic carbocycles. The molecule has 2 aromatic rings. The molecule has 7 nitrogen and oxygen atoms in total. The van der Waals surface area contributed by atoms with Crippen LogP contribution in [-0.4, -0.2) is 49.4 Å². The molecule has 0 radical (unpaired) electrons. The molecule has 1 aliphatic rings. The van der Waals surface area contributed by atoms with Crippen LogP contribution in [0.15, 0.2) is 18.5 Å². The Morgan fingerprint density at radius 2 is 2.04 bits per heavy atom. The molecule has 1 fully saturated rings. The van der Waals surface area contributed by atoms with Crippen molar-refractivity contribution in [3.8, 4) is 10.8 Å². The van der Waals surface area contributed by atoms with Gasteiger partial charge in [-0.25, -0.2) is 15.0 Å². The highest BCUT2D eigenvalue weighted by atomic mass is 32.1. The van der Waals surface area contributed by atoms with E-state index < -0.39 is 11.9 Å². The average molecular weight is 346 g/mol. The van der Waals surface area contributed by atoms with Crippen LogP contribution < -0.4 is 0 Å². The first kappa shape index (κ1) is 16.5. The van der Waals surface area contributed by atoms with Crippen molar-refractivity contribution >= 4 is 23.2 Å². The van der Waals surface area contributed by atoms with E-state index in [0.717, 1.165) is 12.8 Å². The Morgan fingerprint density at radius 3 is 2.62 bits per heavy atom. The van der Waals surface area contributed by atoms with E-state index in [0.29, 0.717) is 21.4 Å². The molecule has 24 heavy (non-hydrogen) atoms. The lowest BCUT2D eigenvalue weighted by molar-refractivity contribution is -0.141. The molecule has 1 aliphatic carbocycles. The summed E-state index contributed by atoms with van der Waals surface area (Å²) in [6.07, 6.45) is 5.10. The predicted octanol–water partition coefficient (Wildman–Crippen LogP) is 2.23. The smallest absolute Gasteiger partial charge is 0.308 e. The third-order valence-corrected chi connectivity index (χ3v) is 5.03. The van der Waals surface area contributed by atoms with Crippen molar-refractivity contribution < 1.29 is 14.7 Å². The maximum atomic E-state index is 12.9. The summed E-state index contributed by atoms with van der Waals surface area (Å²) in [5.74, 6) is -1.16. The molecule has 3 rings (SSSR count). The summed E-state index contributed by atoms with van der Waals surface area (Å²) in [6, 6.07) is 1.86. The number of amides is 1. The maximum Gasteiger partial charge on any atom is 0.308 e. The van der Waals surface area contributed by atoms with Gasteiger partial charge < -0.3 is 10.0 Å². The van der Waals surface area contributed by atoms with E-state index in [1.165, 1.54) is 11.3 Å². The summed E-state index contributed by atoms with van der Waals surface area (Å²) in [6.45, 7) is 3.61. The number of carbonyl (C=O) groups excluding carboxylic acids is 1. The van der Waals surface area contributed by atoms with Gasteiger partial charge in [-0.3, -0.25) is 9.59 Å². The number of rotatable bonds is 6. The quantitative estimate of drug-likeness (QED) is 0.861. The zero-order valence-corrected chi connectivity index (χ0v) is 14.3. The molecule has 1 unspecified atom stereocenters. The summed E-state index contributed by atoms with van der Waals surface area (Å²) in [7, 11) is 0. The molecule has 1 amide bonds. The van der Waals surface area contributed by atoms with Gasteiger partial charge >= 0.3 is 5.97 Å². The topological polar surface area (TPSA) is 96.3 Å². The number of aryl methyl sites for hydroxylation is 1. The Kier molecular flexibility index (Phi) is 4.57. The molecule has 1 saturated carbocycles. The molecule has 1 atom stereocenters. The van der Waals surface area contributed by atoms with Gasteiger partial charge in [0.15, 0.2) is 10.8 Å². The number of hydrogen-bond acceptors (Lipinski definition) is 6. The third kappa shape index (κ3) is 3.43. The lowest BCUT2D eigenvalue weighted by Crippen LogP contribution is -2.38. The summed E-state index contributed by atoms with van der Waals surface area (Å²) in [5, 5.41) is 9.72. The van der Waals surface area contributed by atoms with E-state index in [2.05, 4.69) is 15.0 Å². The van der Waals surface area contributed by atoms with Crippen molar-refractivity contribution in [2.75, 3.05) is 6.54 Å². The molecular formula is C16H18N4O3S. The monoisotopic (exact) mass is 346 g/mol. The number of nitrogens with zero attached hydrogens (tertiary/aromatic N) is 4. The van der Waals surface area contributed by atoms with Crippen LogP contribution in [0.1, 0.15) is 35.1 Å². The first-order valence-corrected chi connectivity index (χ1v) is 8.57. The SMILES string of the molecule is Cc1nc(-c2ncccn2)sc1C(=O)N(CC(C)C(=O)O)C1CC1. The second kappa shape index (κ2) is 6.64. The van der Waals surface area contributed by atoms with Crippen LogP contribution in [0.5, 0.6) is 0 Å². The highest BCUT2D eigenvalue weighted by Gasteiger charge is 2.36. The Bertz CT molecular complexity index is 758. The molecule has 2 aromatic heterocycles. The van der Waals surface area contributed by atoms with Gasteiger partial charge in [-0.05, 0) is 25.8 Å². The fraction of sp³-hybridized carbons (Fsp3) is 0.438. The van der Waals surface area contributed by atoms with Gasteiger partial charge in [0.25, 0.3) is 5.91 Å². The van der Waals surface area contributed by atoms with Gasteiger partial charge in [-0.15, -0.1) is 11.3 Å². The van der Waals surface area contributed by atoms with E-state index in [4.69, 9.17) is 5.11 Å². The van der Waals surface area contributed by atoms with Crippen LogP contribution >= 0.6 is 11.3 Å². The first-order chi connectivity index (χ1) is 11.5. The van der Waals surface area contributed by atoms with Crippen LogP contribution in [0.4, 0.5) is 0 Å². The largest absolute Gasteiger partial charge is 0.481 e. The minimum Gasteiger partial charge on any atom is -0.481 e. The van der Waals surface area contributed by atoms with Gasteiger partial charge in [0.05, 0.1) is 11.6 Å². The Labute approximate surface area is 143 Å². The van der Waals surface area contributed by atoms with Crippen molar-refractivity contribution in [2.45, 2.75) is 32.7 Å². The molecule has 8 heteroatoms. The van der Waals surface area contributed by atoms with E-state index >= 15 is 0 Å². The number of carboxylic acids is 1. The molecule has 0 aliphatic heterocycles. The Morgan fingerprint density at radius 1 is 1.38 bits per heavy atom. The van der Waals surface area contributed by atoms with Gasteiger partial charge in [-0.1, -0.05) is 6.92 Å². The molecular weight excluding hydrogens is 328 g/mol. The van der Waals surface area contributed by atoms with Crippen LogP contribution in [0.3, 0.4) is 0 Å². The number of hydrogen-bond donors (Lipinski definition) is 1. The van der Waals surface area contributed by atoms with Gasteiger partial charge in [-0.2, -0.15) is 0 Å². The summed E-state index contributed by atoms with van der Waals surface area (Å²) < 4.78 is 0. The van der Waals surface area contributed by atoms with Crippen LogP contribution in [-0.2, 0) is 4.79 Å². The average Bonchev–Trinajstić information content (AvgIpc) is 3.34. The zero-order chi connectivity index (χ0) is 17.3. The Balaban J connectivity index is 1.85. The van der Waals surface area contributed by atoms with Gasteiger partial charge in [0.1, 0.15) is 4.88 Å². The normalized spacial score (nSPS) is 15.1. The highest BCUT2D eigenvalue weighted by Crippen LogP contribution is 2.32. The van der Waals surface area contributed by atoms with Crippen molar-refractivity contribution in [1.29, 1.82) is 0 Å². The summed E-state index contributed by atoms with van der Waals surface area (Å²) in [4.78, 5) is 39.0. The van der Waals surface area contributed by atoms with Gasteiger partial charge in [0.2, 0.25) is 0 Å². The Hall–Kier alpha value is -2.35. The molecule has 0 saturated heterocycles. The fourth-order valence-electron chi connectivity index (χ4n) is 2.39. The maximum absolute atomic E-state index is 12.9. The van der Waals surface area contributed by atoms with Crippen molar-refractivity contribution in [3.63, 3.8) is 0 Å². The molecule has 1 N–H and O–H groups in total. The van der Waals surface area contributed by atoms with Crippen LogP contribution in [0.25, 0.3) is 10.8 Å². The number of aromatic nitrogens is 3. The van der Waals surface area contributed by atoms with Crippen LogP contribution in [0.2, 0.25) is 0 Å². The molecule has 0 bridgehead atoms. The highest BCUT2D eigenvalue weighted by molar-refractivity contribution is 7.17. The number of aliphatic carboxylic acids is 1. The van der Waals surface area contributed by atoms with Crippen molar-refractivity contribution in [1.82, 2.24) is 19.9 Å². The third-order valence-electron chi connectivity index (χ3n) is 3.89. The zero-order valence-electron chi connectivity index (χ0n) is 13.5. The van der Waals surface area contributed by atoms with E-state index in [9.17, 15) is 9.59 Å². The molecule has 0 spiro atoms.